The maximum atomic E-state index is 11.9. The summed E-state index contributed by atoms with van der Waals surface area (Å²) in [6.07, 6.45) is 3.31. The molecule has 0 spiro atoms. The number of nitrogens with one attached hydrogen (secondary N) is 1. The molecule has 0 saturated heterocycles. The van der Waals surface area contributed by atoms with Crippen LogP contribution in [0.25, 0.3) is 10.4 Å². The maximum absolute atomic E-state index is 11.9. The first-order valence-electron chi connectivity index (χ1n) is 7.92. The third-order valence-electron chi connectivity index (χ3n) is 4.18. The number of thiophene rings is 1. The molecule has 8 nitrogen and oxygen atoms in total. The van der Waals surface area contributed by atoms with E-state index in [0.29, 0.717) is 30.0 Å². The van der Waals surface area contributed by atoms with Crippen LogP contribution in [0.3, 0.4) is 0 Å². The third-order valence-corrected chi connectivity index (χ3v) is 6.18. The van der Waals surface area contributed by atoms with Crippen molar-refractivity contribution >= 4 is 39.6 Å². The van der Waals surface area contributed by atoms with Gasteiger partial charge in [-0.1, -0.05) is 0 Å². The highest BCUT2D eigenvalue weighted by molar-refractivity contribution is 7.20. The first kappa shape index (κ1) is 16.7. The van der Waals surface area contributed by atoms with Gasteiger partial charge < -0.3 is 11.5 Å². The van der Waals surface area contributed by atoms with Gasteiger partial charge in [-0.2, -0.15) is 5.10 Å². The summed E-state index contributed by atoms with van der Waals surface area (Å²) in [4.78, 5) is 28.5. The van der Waals surface area contributed by atoms with Crippen molar-refractivity contribution in [1.29, 1.82) is 0 Å². The summed E-state index contributed by atoms with van der Waals surface area (Å²) in [6.45, 7) is 2.56. The summed E-state index contributed by atoms with van der Waals surface area (Å²) in [6, 6.07) is -0.721. The fourth-order valence-electron chi connectivity index (χ4n) is 3.19. The molecule has 0 radical (unpaired) electrons. The van der Waals surface area contributed by atoms with Crippen molar-refractivity contribution in [2.75, 3.05) is 5.32 Å². The van der Waals surface area contributed by atoms with Gasteiger partial charge in [0.25, 0.3) is 5.91 Å². The van der Waals surface area contributed by atoms with Gasteiger partial charge in [0.05, 0.1) is 28.5 Å². The summed E-state index contributed by atoms with van der Waals surface area (Å²) in [5.74, 6) is -0.569. The molecular formula is C16H16N6O2S2. The number of nitrogens with two attached hydrogens (primary N) is 2. The zero-order chi connectivity index (χ0) is 18.4. The van der Waals surface area contributed by atoms with Gasteiger partial charge in [-0.15, -0.1) is 22.7 Å². The fourth-order valence-corrected chi connectivity index (χ4v) is 5.08. The van der Waals surface area contributed by atoms with Crippen molar-refractivity contribution < 1.29 is 9.59 Å². The molecule has 4 rings (SSSR count). The van der Waals surface area contributed by atoms with Crippen molar-refractivity contribution in [2.45, 2.75) is 26.3 Å². The van der Waals surface area contributed by atoms with Crippen molar-refractivity contribution in [3.63, 3.8) is 0 Å². The average Bonchev–Trinajstić information content (AvgIpc) is 3.22. The Kier molecular flexibility index (Phi) is 4.00. The third kappa shape index (κ3) is 2.86. The van der Waals surface area contributed by atoms with Gasteiger partial charge in [0.15, 0.2) is 0 Å². The predicted octanol–water partition coefficient (Wildman–Crippen LogP) is 2.11. The lowest BCUT2D eigenvalue weighted by Crippen LogP contribution is -2.22. The molecule has 5 N–H and O–H groups in total. The van der Waals surface area contributed by atoms with Gasteiger partial charge in [-0.05, 0) is 25.3 Å². The molecular weight excluding hydrogens is 372 g/mol. The summed E-state index contributed by atoms with van der Waals surface area (Å²) in [5, 5.41) is 10.6. The van der Waals surface area contributed by atoms with E-state index >= 15 is 0 Å². The first-order valence-corrected chi connectivity index (χ1v) is 9.61. The fraction of sp³-hybridized carbons (Fsp3) is 0.250. The molecule has 26 heavy (non-hydrogen) atoms. The van der Waals surface area contributed by atoms with E-state index in [4.69, 9.17) is 11.5 Å². The van der Waals surface area contributed by atoms with Gasteiger partial charge in [-0.3, -0.25) is 14.8 Å². The lowest BCUT2D eigenvalue weighted by molar-refractivity contribution is 0.100. The number of hydrogen-bond acceptors (Lipinski definition) is 6. The number of thiazole rings is 1. The number of carbonyl (C=O) groups excluding carboxylic acids is 2. The maximum Gasteiger partial charge on any atom is 0.317 e. The molecule has 1 aliphatic rings. The Morgan fingerprint density at radius 2 is 2.15 bits per heavy atom. The van der Waals surface area contributed by atoms with Gasteiger partial charge >= 0.3 is 6.03 Å². The average molecular weight is 388 g/mol. The molecule has 0 aromatic carbocycles. The molecule has 0 atom stereocenters. The second-order valence-electron chi connectivity index (χ2n) is 6.01. The quantitative estimate of drug-likeness (QED) is 0.632. The van der Waals surface area contributed by atoms with E-state index in [0.717, 1.165) is 32.4 Å². The normalized spacial score (nSPS) is 12.5. The minimum absolute atomic E-state index is 0.345. The lowest BCUT2D eigenvalue weighted by Gasteiger charge is -2.11. The van der Waals surface area contributed by atoms with Gasteiger partial charge in [0.1, 0.15) is 5.00 Å². The van der Waals surface area contributed by atoms with Crippen LogP contribution in [0, 0.1) is 6.92 Å². The number of aryl methyl sites for hydroxylation is 2. The highest BCUT2D eigenvalue weighted by atomic mass is 32.1. The number of fused-ring (bicyclic) bond motifs is 3. The first-order chi connectivity index (χ1) is 12.4. The highest BCUT2D eigenvalue weighted by Crippen LogP contribution is 2.44. The number of carbonyl (C=O) groups is 2. The van der Waals surface area contributed by atoms with Gasteiger partial charge in [0.2, 0.25) is 0 Å². The van der Waals surface area contributed by atoms with E-state index in [1.165, 1.54) is 11.3 Å². The zero-order valence-corrected chi connectivity index (χ0v) is 15.5. The number of amides is 3. The van der Waals surface area contributed by atoms with Crippen LogP contribution in [-0.4, -0.2) is 26.7 Å². The Bertz CT molecular complexity index is 1030. The summed E-state index contributed by atoms with van der Waals surface area (Å²) in [7, 11) is 0. The van der Waals surface area contributed by atoms with Crippen LogP contribution in [0.1, 0.15) is 32.3 Å². The standard InChI is InChI=1S/C16H16N6O2S2/c1-7-19-8(6-25-7)4-22-5-10-11(21-22)3-2-9-12(14(17)23)15(20-16(18)24)26-13(9)10/h5-6H,2-4H2,1H3,(H2,17,23)(H3,18,20,24). The molecule has 1 aliphatic carbocycles. The van der Waals surface area contributed by atoms with Crippen LogP contribution in [-0.2, 0) is 19.4 Å². The number of hydrogen-bond donors (Lipinski definition) is 3. The van der Waals surface area contributed by atoms with E-state index in [9.17, 15) is 9.59 Å². The van der Waals surface area contributed by atoms with Crippen molar-refractivity contribution in [3.8, 4) is 10.4 Å². The minimum Gasteiger partial charge on any atom is -0.365 e. The highest BCUT2D eigenvalue weighted by Gasteiger charge is 2.29. The van der Waals surface area contributed by atoms with E-state index in [1.807, 2.05) is 23.2 Å². The summed E-state index contributed by atoms with van der Waals surface area (Å²) < 4.78 is 1.86. The number of aromatic nitrogens is 3. The van der Waals surface area contributed by atoms with Crippen LogP contribution in [0.15, 0.2) is 11.6 Å². The van der Waals surface area contributed by atoms with E-state index in [2.05, 4.69) is 15.4 Å². The molecule has 0 unspecified atom stereocenters. The molecule has 3 heterocycles. The second-order valence-corrected chi connectivity index (χ2v) is 8.10. The van der Waals surface area contributed by atoms with Gasteiger partial charge in [0, 0.05) is 22.0 Å². The molecule has 0 bridgehead atoms. The van der Waals surface area contributed by atoms with Crippen LogP contribution in [0.4, 0.5) is 9.80 Å². The SMILES string of the molecule is Cc1nc(Cn2cc3c(n2)CCc2c-3sc(NC(N)=O)c2C(N)=O)cs1. The Balaban J connectivity index is 1.75. The number of urea groups is 1. The minimum atomic E-state index is -0.721. The molecule has 10 heteroatoms. The number of primary amides is 2. The molecule has 0 fully saturated rings. The van der Waals surface area contributed by atoms with Gasteiger partial charge in [-0.25, -0.2) is 9.78 Å². The lowest BCUT2D eigenvalue weighted by atomic mass is 9.94. The molecule has 3 aromatic rings. The van der Waals surface area contributed by atoms with Crippen LogP contribution in [0.2, 0.25) is 0 Å². The molecule has 3 amide bonds. The smallest absolute Gasteiger partial charge is 0.317 e. The van der Waals surface area contributed by atoms with Crippen molar-refractivity contribution in [2.24, 2.45) is 11.5 Å². The number of nitrogens with zero attached hydrogens (tertiary/aromatic N) is 3. The zero-order valence-electron chi connectivity index (χ0n) is 13.9. The molecule has 3 aromatic heterocycles. The summed E-state index contributed by atoms with van der Waals surface area (Å²) >= 11 is 2.91. The van der Waals surface area contributed by atoms with E-state index in [-0.39, 0.29) is 0 Å². The Morgan fingerprint density at radius 3 is 2.81 bits per heavy atom. The number of rotatable bonds is 4. The van der Waals surface area contributed by atoms with Crippen LogP contribution in [0.5, 0.6) is 0 Å². The topological polar surface area (TPSA) is 129 Å². The van der Waals surface area contributed by atoms with Crippen molar-refractivity contribution in [1.82, 2.24) is 14.8 Å². The van der Waals surface area contributed by atoms with Crippen LogP contribution >= 0.6 is 22.7 Å². The second kappa shape index (κ2) is 6.22. The Labute approximate surface area is 156 Å². The largest absolute Gasteiger partial charge is 0.365 e. The molecule has 0 saturated carbocycles. The Hall–Kier alpha value is -2.72. The van der Waals surface area contributed by atoms with E-state index < -0.39 is 11.9 Å². The number of anilines is 1. The monoisotopic (exact) mass is 388 g/mol. The van der Waals surface area contributed by atoms with E-state index in [1.54, 1.807) is 11.3 Å². The predicted molar refractivity (Wildman–Crippen MR) is 101 cm³/mol. The van der Waals surface area contributed by atoms with Crippen molar-refractivity contribution in [3.05, 3.63) is 39.1 Å². The summed E-state index contributed by atoms with van der Waals surface area (Å²) in [5.41, 5.74) is 14.8. The van der Waals surface area contributed by atoms with Crippen LogP contribution < -0.4 is 16.8 Å². The molecule has 0 aliphatic heterocycles. The molecule has 134 valence electrons. The Morgan fingerprint density at radius 1 is 1.35 bits per heavy atom.